The first-order valence-electron chi connectivity index (χ1n) is 11.6. The summed E-state index contributed by atoms with van der Waals surface area (Å²) in [5.74, 6) is -0.565. The van der Waals surface area contributed by atoms with E-state index in [2.05, 4.69) is 20.6 Å². The second kappa shape index (κ2) is 10.8. The first kappa shape index (κ1) is 24.4. The summed E-state index contributed by atoms with van der Waals surface area (Å²) in [4.78, 5) is 48.5. The summed E-state index contributed by atoms with van der Waals surface area (Å²) in [6.45, 7) is 0.253. The number of para-hydroxylation sites is 2. The Bertz CT molecular complexity index is 1410. The van der Waals surface area contributed by atoms with Crippen molar-refractivity contribution in [3.63, 3.8) is 0 Å². The van der Waals surface area contributed by atoms with E-state index < -0.39 is 17.8 Å². The number of carbonyl (C=O) groups excluding carboxylic acids is 3. The predicted octanol–water partition coefficient (Wildman–Crippen LogP) is 3.85. The number of hydrogen-bond acceptors (Lipinski definition) is 7. The van der Waals surface area contributed by atoms with Crippen molar-refractivity contribution in [2.75, 3.05) is 11.1 Å². The van der Waals surface area contributed by atoms with Gasteiger partial charge >= 0.3 is 0 Å². The molecule has 3 aromatic rings. The number of hydrogen-bond donors (Lipinski definition) is 2. The lowest BCUT2D eigenvalue weighted by molar-refractivity contribution is -0.122. The molecule has 3 amide bonds. The molecule has 0 saturated heterocycles. The highest BCUT2D eigenvalue weighted by atomic mass is 32.2. The zero-order valence-corrected chi connectivity index (χ0v) is 20.3. The van der Waals surface area contributed by atoms with Crippen LogP contribution in [-0.2, 0) is 20.9 Å². The Morgan fingerprint density at radius 2 is 1.84 bits per heavy atom. The molecule has 2 aliphatic heterocycles. The molecule has 0 aliphatic carbocycles. The molecule has 11 heteroatoms. The Balaban J connectivity index is 1.29. The van der Waals surface area contributed by atoms with Crippen molar-refractivity contribution in [3.05, 3.63) is 84.1 Å². The highest BCUT2D eigenvalue weighted by Gasteiger charge is 2.41. The summed E-state index contributed by atoms with van der Waals surface area (Å²) in [5.41, 5.74) is 1.40. The number of rotatable bonds is 8. The second-order valence-corrected chi connectivity index (χ2v) is 9.22. The van der Waals surface area contributed by atoms with Gasteiger partial charge in [0.15, 0.2) is 5.17 Å². The number of thioether (sulfide) groups is 1. The number of nitrogens with zero attached hydrogens (tertiary/aromatic N) is 3. The molecule has 0 fully saturated rings. The van der Waals surface area contributed by atoms with Crippen LogP contribution in [0.4, 0.5) is 15.8 Å². The lowest BCUT2D eigenvalue weighted by Gasteiger charge is -2.31. The molecule has 2 aromatic carbocycles. The fourth-order valence-corrected chi connectivity index (χ4v) is 4.86. The lowest BCUT2D eigenvalue weighted by Crippen LogP contribution is -2.44. The van der Waals surface area contributed by atoms with E-state index in [1.165, 1.54) is 24.5 Å². The maximum atomic E-state index is 13.9. The van der Waals surface area contributed by atoms with E-state index in [1.54, 1.807) is 29.2 Å². The number of nitrogens with one attached hydrogen (secondary N) is 2. The minimum atomic E-state index is -0.737. The van der Waals surface area contributed by atoms with Crippen molar-refractivity contribution in [1.82, 2.24) is 10.2 Å². The van der Waals surface area contributed by atoms with Crippen LogP contribution in [0.2, 0.25) is 0 Å². The van der Waals surface area contributed by atoms with Gasteiger partial charge in [0, 0.05) is 12.0 Å². The van der Waals surface area contributed by atoms with Crippen molar-refractivity contribution in [2.24, 2.45) is 9.98 Å². The molecule has 1 unspecified atom stereocenters. The number of aliphatic imine (C=N–C) groups is 2. The molecular weight excluding hydrogens is 497 g/mol. The number of halogens is 1. The quantitative estimate of drug-likeness (QED) is 0.467. The number of benzene rings is 2. The number of furan rings is 1. The van der Waals surface area contributed by atoms with Crippen LogP contribution in [0.15, 0.2) is 81.3 Å². The molecule has 0 saturated carbocycles. The highest BCUT2D eigenvalue weighted by molar-refractivity contribution is 8.14. The van der Waals surface area contributed by atoms with Crippen LogP contribution in [0, 0.1) is 5.82 Å². The van der Waals surface area contributed by atoms with E-state index in [9.17, 15) is 18.8 Å². The summed E-state index contributed by atoms with van der Waals surface area (Å²) in [7, 11) is 0. The SMILES string of the molecule is O=C(CCC1C(=O)N=C2c3ccccc3N=C(SCC(=O)Nc3ccccc3F)N21)NCc1ccco1. The molecular formula is C26H22FN5O4S. The van der Waals surface area contributed by atoms with E-state index in [0.717, 1.165) is 11.8 Å². The molecule has 2 N–H and O–H groups in total. The van der Waals surface area contributed by atoms with Crippen LogP contribution in [0.25, 0.3) is 0 Å². The number of fused-ring (bicyclic) bond motifs is 3. The van der Waals surface area contributed by atoms with Crippen molar-refractivity contribution in [1.29, 1.82) is 0 Å². The Morgan fingerprint density at radius 3 is 2.65 bits per heavy atom. The zero-order chi connectivity index (χ0) is 25.8. The van der Waals surface area contributed by atoms with Crippen LogP contribution in [-0.4, -0.2) is 45.4 Å². The van der Waals surface area contributed by atoms with Crippen molar-refractivity contribution < 1.29 is 23.2 Å². The van der Waals surface area contributed by atoms with Gasteiger partial charge in [0.2, 0.25) is 11.8 Å². The van der Waals surface area contributed by atoms with Gasteiger partial charge in [0.1, 0.15) is 23.5 Å². The van der Waals surface area contributed by atoms with Gasteiger partial charge in [-0.25, -0.2) is 9.38 Å². The molecule has 3 heterocycles. The van der Waals surface area contributed by atoms with Crippen molar-refractivity contribution in [2.45, 2.75) is 25.4 Å². The van der Waals surface area contributed by atoms with Gasteiger partial charge in [-0.2, -0.15) is 4.99 Å². The molecule has 2 aliphatic rings. The summed E-state index contributed by atoms with van der Waals surface area (Å²) in [6.07, 6.45) is 1.82. The largest absolute Gasteiger partial charge is 0.467 e. The minimum absolute atomic E-state index is 0.0658. The Morgan fingerprint density at radius 1 is 1.03 bits per heavy atom. The van der Waals surface area contributed by atoms with E-state index in [4.69, 9.17) is 4.42 Å². The molecule has 1 aromatic heterocycles. The van der Waals surface area contributed by atoms with Crippen LogP contribution in [0.1, 0.15) is 24.2 Å². The van der Waals surface area contributed by atoms with Gasteiger partial charge in [-0.05, 0) is 42.8 Å². The standard InChI is InChI=1S/C26H22FN5O4S/c27-18-8-2-4-10-20(18)29-23(34)15-37-26-30-19-9-3-1-7-17(19)24-31-25(35)21(32(24)26)11-12-22(33)28-14-16-6-5-13-36-16/h1-10,13,21H,11-12,14-15H2,(H,28,33)(H,29,34). The normalized spacial score (nSPS) is 16.0. The molecule has 5 rings (SSSR count). The van der Waals surface area contributed by atoms with E-state index in [-0.39, 0.29) is 42.6 Å². The van der Waals surface area contributed by atoms with Crippen LogP contribution in [0.5, 0.6) is 0 Å². The topological polar surface area (TPSA) is 116 Å². The smallest absolute Gasteiger partial charge is 0.270 e. The first-order chi connectivity index (χ1) is 18.0. The average Bonchev–Trinajstić information content (AvgIpc) is 3.54. The lowest BCUT2D eigenvalue weighted by atomic mass is 10.1. The number of anilines is 1. The molecule has 9 nitrogen and oxygen atoms in total. The fourth-order valence-electron chi connectivity index (χ4n) is 4.01. The molecule has 0 spiro atoms. The summed E-state index contributed by atoms with van der Waals surface area (Å²) >= 11 is 1.11. The fraction of sp³-hybridized carbons (Fsp3) is 0.192. The molecule has 188 valence electrons. The zero-order valence-electron chi connectivity index (χ0n) is 19.5. The average molecular weight is 520 g/mol. The molecule has 0 bridgehead atoms. The minimum Gasteiger partial charge on any atom is -0.467 e. The van der Waals surface area contributed by atoms with Gasteiger partial charge in [-0.3, -0.25) is 19.3 Å². The Kier molecular flexibility index (Phi) is 7.13. The van der Waals surface area contributed by atoms with Gasteiger partial charge in [-0.15, -0.1) is 0 Å². The maximum Gasteiger partial charge on any atom is 0.270 e. The van der Waals surface area contributed by atoms with Crippen LogP contribution in [0.3, 0.4) is 0 Å². The van der Waals surface area contributed by atoms with E-state index >= 15 is 0 Å². The third-order valence-electron chi connectivity index (χ3n) is 5.77. The van der Waals surface area contributed by atoms with Crippen molar-refractivity contribution >= 4 is 51.9 Å². The first-order valence-corrected chi connectivity index (χ1v) is 12.5. The number of amidine groups is 2. The number of amides is 3. The summed E-state index contributed by atoms with van der Waals surface area (Å²) in [6, 6.07) is 15.9. The van der Waals surface area contributed by atoms with E-state index in [0.29, 0.717) is 28.0 Å². The van der Waals surface area contributed by atoms with Crippen molar-refractivity contribution in [3.8, 4) is 0 Å². The summed E-state index contributed by atoms with van der Waals surface area (Å²) < 4.78 is 19.1. The Labute approximate surface area is 215 Å². The monoisotopic (exact) mass is 519 g/mol. The highest BCUT2D eigenvalue weighted by Crippen LogP contribution is 2.35. The molecule has 1 atom stereocenters. The van der Waals surface area contributed by atoms with E-state index in [1.807, 2.05) is 18.2 Å². The molecule has 0 radical (unpaired) electrons. The van der Waals surface area contributed by atoms with Gasteiger partial charge < -0.3 is 15.1 Å². The third kappa shape index (κ3) is 5.46. The second-order valence-electron chi connectivity index (χ2n) is 8.28. The Hall–Kier alpha value is -4.25. The van der Waals surface area contributed by atoms with Gasteiger partial charge in [0.25, 0.3) is 5.91 Å². The number of carbonyl (C=O) groups is 3. The van der Waals surface area contributed by atoms with Gasteiger partial charge in [0.05, 0.1) is 29.9 Å². The third-order valence-corrected chi connectivity index (χ3v) is 6.73. The van der Waals surface area contributed by atoms with Crippen LogP contribution < -0.4 is 10.6 Å². The molecule has 37 heavy (non-hydrogen) atoms. The van der Waals surface area contributed by atoms with Crippen LogP contribution >= 0.6 is 11.8 Å². The predicted molar refractivity (Wildman–Crippen MR) is 138 cm³/mol. The van der Waals surface area contributed by atoms with Gasteiger partial charge in [-0.1, -0.05) is 36.0 Å². The maximum absolute atomic E-state index is 13.9. The summed E-state index contributed by atoms with van der Waals surface area (Å²) in [5, 5.41) is 5.73.